The van der Waals surface area contributed by atoms with Gasteiger partial charge in [0.05, 0.1) is 6.61 Å². The highest BCUT2D eigenvalue weighted by Gasteiger charge is 2.25. The molecule has 0 saturated carbocycles. The number of ether oxygens (including phenoxy) is 1. The molecule has 0 aromatic heterocycles. The summed E-state index contributed by atoms with van der Waals surface area (Å²) in [7, 11) is 5.79. The van der Waals surface area contributed by atoms with E-state index < -0.39 is 0 Å². The number of rotatable bonds is 5. The van der Waals surface area contributed by atoms with Gasteiger partial charge in [0.25, 0.3) is 0 Å². The van der Waals surface area contributed by atoms with Crippen LogP contribution in [0.15, 0.2) is 23.2 Å². The van der Waals surface area contributed by atoms with Gasteiger partial charge >= 0.3 is 0 Å². The summed E-state index contributed by atoms with van der Waals surface area (Å²) < 4.78 is 5.31. The Labute approximate surface area is 191 Å². The van der Waals surface area contributed by atoms with E-state index in [4.69, 9.17) is 16.3 Å². The Morgan fingerprint density at radius 3 is 2.68 bits per heavy atom. The minimum absolute atomic E-state index is 0. The molecule has 6 nitrogen and oxygen atoms in total. The fourth-order valence-corrected chi connectivity index (χ4v) is 4.20. The van der Waals surface area contributed by atoms with Crippen molar-refractivity contribution in [2.24, 2.45) is 10.9 Å². The first kappa shape index (κ1) is 23.5. The molecule has 2 aliphatic heterocycles. The largest absolute Gasteiger partial charge is 0.384 e. The Kier molecular flexibility index (Phi) is 9.59. The van der Waals surface area contributed by atoms with Crippen molar-refractivity contribution in [3.63, 3.8) is 0 Å². The summed E-state index contributed by atoms with van der Waals surface area (Å²) >= 11 is 6.58. The molecule has 28 heavy (non-hydrogen) atoms. The zero-order chi connectivity index (χ0) is 19.2. The van der Waals surface area contributed by atoms with E-state index in [1.807, 2.05) is 19.2 Å². The number of likely N-dealkylation sites (N-methyl/N-ethyl adjacent to an activating group) is 1. The van der Waals surface area contributed by atoms with E-state index in [0.29, 0.717) is 12.5 Å². The van der Waals surface area contributed by atoms with Gasteiger partial charge in [-0.15, -0.1) is 24.0 Å². The van der Waals surface area contributed by atoms with Gasteiger partial charge in [0.2, 0.25) is 0 Å². The zero-order valence-electron chi connectivity index (χ0n) is 17.2. The van der Waals surface area contributed by atoms with Gasteiger partial charge in [0, 0.05) is 82.2 Å². The number of hydrogen-bond acceptors (Lipinski definition) is 4. The van der Waals surface area contributed by atoms with Crippen LogP contribution in [0, 0.1) is 5.92 Å². The van der Waals surface area contributed by atoms with Crippen LogP contribution in [0.3, 0.4) is 0 Å². The summed E-state index contributed by atoms with van der Waals surface area (Å²) in [4.78, 5) is 11.6. The fraction of sp³-hybridized carbons (Fsp3) is 0.650. The van der Waals surface area contributed by atoms with Crippen LogP contribution >= 0.6 is 35.6 Å². The predicted molar refractivity (Wildman–Crippen MR) is 128 cm³/mol. The Balaban J connectivity index is 0.00000280. The standard InChI is InChI=1S/C20H32ClN5O.HI/c1-22-20(26-8-7-16(14-26)15-27-3)23-13-17-18(21)5-4-6-19(17)25-11-9-24(2)10-12-25;/h4-6,16H,7-15H2,1-3H3,(H,22,23);1H. The van der Waals surface area contributed by atoms with Crippen molar-refractivity contribution in [3.05, 3.63) is 28.8 Å². The molecule has 0 amide bonds. The number of anilines is 1. The molecule has 0 radical (unpaired) electrons. The van der Waals surface area contributed by atoms with Gasteiger partial charge in [-0.2, -0.15) is 0 Å². The summed E-state index contributed by atoms with van der Waals surface area (Å²) in [6.45, 7) is 7.71. The van der Waals surface area contributed by atoms with Gasteiger partial charge in [0.1, 0.15) is 0 Å². The third kappa shape index (κ3) is 5.87. The van der Waals surface area contributed by atoms with E-state index in [-0.39, 0.29) is 24.0 Å². The van der Waals surface area contributed by atoms with E-state index in [2.05, 4.69) is 38.1 Å². The van der Waals surface area contributed by atoms with Crippen molar-refractivity contribution in [1.29, 1.82) is 0 Å². The lowest BCUT2D eigenvalue weighted by molar-refractivity contribution is 0.157. The van der Waals surface area contributed by atoms with Crippen molar-refractivity contribution >= 4 is 47.2 Å². The SMILES string of the molecule is CN=C(NCc1c(Cl)cccc1N1CCN(C)CC1)N1CCC(COC)C1.I. The number of nitrogens with zero attached hydrogens (tertiary/aromatic N) is 4. The number of benzene rings is 1. The van der Waals surface area contributed by atoms with Crippen molar-refractivity contribution in [1.82, 2.24) is 15.1 Å². The topological polar surface area (TPSA) is 43.3 Å². The second-order valence-electron chi connectivity index (χ2n) is 7.48. The number of likely N-dealkylation sites (tertiary alicyclic amines) is 1. The maximum atomic E-state index is 6.58. The molecule has 2 saturated heterocycles. The van der Waals surface area contributed by atoms with Crippen LogP contribution in [0.5, 0.6) is 0 Å². The highest BCUT2D eigenvalue weighted by molar-refractivity contribution is 14.0. The molecule has 1 unspecified atom stereocenters. The number of methoxy groups -OCH3 is 1. The number of hydrogen-bond donors (Lipinski definition) is 1. The average molecular weight is 522 g/mol. The van der Waals surface area contributed by atoms with Crippen LogP contribution in [-0.2, 0) is 11.3 Å². The molecular formula is C20H33ClIN5O. The van der Waals surface area contributed by atoms with E-state index >= 15 is 0 Å². The van der Waals surface area contributed by atoms with Crippen molar-refractivity contribution in [2.75, 3.05) is 72.0 Å². The minimum Gasteiger partial charge on any atom is -0.384 e. The van der Waals surface area contributed by atoms with Gasteiger partial charge in [-0.3, -0.25) is 4.99 Å². The predicted octanol–water partition coefficient (Wildman–Crippen LogP) is 2.75. The summed E-state index contributed by atoms with van der Waals surface area (Å²) in [6, 6.07) is 6.21. The van der Waals surface area contributed by atoms with Gasteiger partial charge < -0.3 is 24.8 Å². The Morgan fingerprint density at radius 1 is 1.25 bits per heavy atom. The smallest absolute Gasteiger partial charge is 0.193 e. The molecule has 3 rings (SSSR count). The minimum atomic E-state index is 0. The van der Waals surface area contributed by atoms with Crippen molar-refractivity contribution in [3.8, 4) is 0 Å². The first-order valence-electron chi connectivity index (χ1n) is 9.77. The molecule has 2 heterocycles. The van der Waals surface area contributed by atoms with Crippen LogP contribution in [-0.4, -0.2) is 82.8 Å². The maximum absolute atomic E-state index is 6.58. The molecule has 1 N–H and O–H groups in total. The highest BCUT2D eigenvalue weighted by atomic mass is 127. The number of piperazine rings is 1. The van der Waals surface area contributed by atoms with Crippen molar-refractivity contribution < 1.29 is 4.74 Å². The van der Waals surface area contributed by atoms with Crippen LogP contribution in [0.2, 0.25) is 5.02 Å². The average Bonchev–Trinajstić information content (AvgIpc) is 3.13. The lowest BCUT2D eigenvalue weighted by Gasteiger charge is -2.35. The third-order valence-electron chi connectivity index (χ3n) is 5.56. The quantitative estimate of drug-likeness (QED) is 0.367. The molecule has 1 atom stereocenters. The van der Waals surface area contributed by atoms with Crippen LogP contribution in [0.25, 0.3) is 0 Å². The van der Waals surface area contributed by atoms with Gasteiger partial charge in [-0.1, -0.05) is 17.7 Å². The molecule has 1 aromatic carbocycles. The summed E-state index contributed by atoms with van der Waals surface area (Å²) in [5.41, 5.74) is 2.38. The molecule has 0 bridgehead atoms. The van der Waals surface area contributed by atoms with Crippen LogP contribution < -0.4 is 10.2 Å². The second-order valence-corrected chi connectivity index (χ2v) is 7.89. The third-order valence-corrected chi connectivity index (χ3v) is 5.92. The van der Waals surface area contributed by atoms with Gasteiger partial charge in [-0.25, -0.2) is 0 Å². The fourth-order valence-electron chi connectivity index (χ4n) is 3.96. The Hall–Kier alpha value is -0.770. The van der Waals surface area contributed by atoms with Crippen molar-refractivity contribution in [2.45, 2.75) is 13.0 Å². The van der Waals surface area contributed by atoms with Crippen LogP contribution in [0.4, 0.5) is 5.69 Å². The maximum Gasteiger partial charge on any atom is 0.193 e. The number of guanidine groups is 1. The molecular weight excluding hydrogens is 489 g/mol. The van der Waals surface area contributed by atoms with Gasteiger partial charge in [-0.05, 0) is 25.6 Å². The molecule has 2 aliphatic rings. The van der Waals surface area contributed by atoms with E-state index in [1.165, 1.54) is 5.69 Å². The first-order chi connectivity index (χ1) is 13.1. The molecule has 8 heteroatoms. The number of nitrogens with one attached hydrogen (secondary N) is 1. The van der Waals surface area contributed by atoms with Gasteiger partial charge in [0.15, 0.2) is 5.96 Å². The van der Waals surface area contributed by atoms with E-state index in [1.54, 1.807) is 7.11 Å². The lowest BCUT2D eigenvalue weighted by Crippen LogP contribution is -2.45. The molecule has 0 spiro atoms. The Bertz CT molecular complexity index is 651. The molecule has 2 fully saturated rings. The lowest BCUT2D eigenvalue weighted by atomic mass is 10.1. The molecule has 0 aliphatic carbocycles. The second kappa shape index (κ2) is 11.4. The first-order valence-corrected chi connectivity index (χ1v) is 10.2. The highest BCUT2D eigenvalue weighted by Crippen LogP contribution is 2.28. The van der Waals surface area contributed by atoms with E-state index in [0.717, 1.165) is 68.8 Å². The summed E-state index contributed by atoms with van der Waals surface area (Å²) in [5.74, 6) is 1.52. The number of halogens is 2. The number of aliphatic imine (C=N–C) groups is 1. The summed E-state index contributed by atoms with van der Waals surface area (Å²) in [6.07, 6.45) is 1.15. The monoisotopic (exact) mass is 521 g/mol. The molecule has 158 valence electrons. The van der Waals surface area contributed by atoms with E-state index in [9.17, 15) is 0 Å². The normalized spacial score (nSPS) is 21.0. The molecule has 1 aromatic rings. The summed E-state index contributed by atoms with van der Waals surface area (Å²) in [5, 5.41) is 4.35. The zero-order valence-corrected chi connectivity index (χ0v) is 20.2. The Morgan fingerprint density at radius 2 is 2.00 bits per heavy atom. The van der Waals surface area contributed by atoms with Crippen LogP contribution in [0.1, 0.15) is 12.0 Å².